The van der Waals surface area contributed by atoms with Gasteiger partial charge in [-0.3, -0.25) is 4.68 Å². The van der Waals surface area contributed by atoms with Gasteiger partial charge in [-0.15, -0.1) is 0 Å². The molecular formula is C12H10BrFN2O. The molecule has 2 aromatic rings. The first-order valence-electron chi connectivity index (χ1n) is 5.34. The monoisotopic (exact) mass is 296 g/mol. The van der Waals surface area contributed by atoms with Gasteiger partial charge in [0.2, 0.25) is 0 Å². The van der Waals surface area contributed by atoms with E-state index in [4.69, 9.17) is 4.74 Å². The highest BCUT2D eigenvalue weighted by Gasteiger charge is 2.23. The molecule has 3 nitrogen and oxygen atoms in total. The molecule has 1 aliphatic heterocycles. The SMILES string of the molecule is Fc1ccc2c(c1)CC(Cn1cc(Br)cn1)O2. The van der Waals surface area contributed by atoms with Crippen LogP contribution in [0.3, 0.4) is 0 Å². The zero-order chi connectivity index (χ0) is 11.8. The molecule has 88 valence electrons. The van der Waals surface area contributed by atoms with Gasteiger partial charge < -0.3 is 4.74 Å². The molecule has 0 N–H and O–H groups in total. The highest BCUT2D eigenvalue weighted by molar-refractivity contribution is 9.10. The lowest BCUT2D eigenvalue weighted by Gasteiger charge is -2.10. The van der Waals surface area contributed by atoms with Crippen molar-refractivity contribution in [1.29, 1.82) is 0 Å². The van der Waals surface area contributed by atoms with Crippen LogP contribution < -0.4 is 4.74 Å². The van der Waals surface area contributed by atoms with Gasteiger partial charge in [-0.1, -0.05) is 0 Å². The fourth-order valence-electron chi connectivity index (χ4n) is 2.04. The van der Waals surface area contributed by atoms with E-state index in [1.165, 1.54) is 12.1 Å². The van der Waals surface area contributed by atoms with Crippen LogP contribution >= 0.6 is 15.9 Å². The van der Waals surface area contributed by atoms with Crippen LogP contribution in [0.4, 0.5) is 4.39 Å². The molecule has 3 rings (SSSR count). The summed E-state index contributed by atoms with van der Waals surface area (Å²) in [4.78, 5) is 0. The molecule has 0 spiro atoms. The van der Waals surface area contributed by atoms with E-state index in [1.54, 1.807) is 12.3 Å². The van der Waals surface area contributed by atoms with E-state index in [1.807, 2.05) is 10.9 Å². The smallest absolute Gasteiger partial charge is 0.123 e. The number of rotatable bonds is 2. The minimum Gasteiger partial charge on any atom is -0.488 e. The minimum absolute atomic E-state index is 0.0265. The van der Waals surface area contributed by atoms with E-state index in [2.05, 4.69) is 21.0 Å². The Balaban J connectivity index is 1.74. The van der Waals surface area contributed by atoms with Crippen molar-refractivity contribution in [3.63, 3.8) is 0 Å². The fourth-order valence-corrected chi connectivity index (χ4v) is 2.37. The van der Waals surface area contributed by atoms with E-state index >= 15 is 0 Å². The molecule has 0 radical (unpaired) electrons. The summed E-state index contributed by atoms with van der Waals surface area (Å²) in [6.07, 6.45) is 4.39. The lowest BCUT2D eigenvalue weighted by molar-refractivity contribution is 0.203. The lowest BCUT2D eigenvalue weighted by Crippen LogP contribution is -2.20. The summed E-state index contributed by atoms with van der Waals surface area (Å²) in [5.74, 6) is 0.567. The van der Waals surface area contributed by atoms with Crippen LogP contribution in [0.5, 0.6) is 5.75 Å². The number of hydrogen-bond acceptors (Lipinski definition) is 2. The number of fused-ring (bicyclic) bond motifs is 1. The first-order chi connectivity index (χ1) is 8.20. The van der Waals surface area contributed by atoms with Gasteiger partial charge in [0.05, 0.1) is 17.2 Å². The van der Waals surface area contributed by atoms with E-state index in [-0.39, 0.29) is 11.9 Å². The molecule has 17 heavy (non-hydrogen) atoms. The highest BCUT2D eigenvalue weighted by Crippen LogP contribution is 2.29. The summed E-state index contributed by atoms with van der Waals surface area (Å²) in [6.45, 7) is 0.669. The van der Waals surface area contributed by atoms with Crippen molar-refractivity contribution < 1.29 is 9.13 Å². The van der Waals surface area contributed by atoms with Gasteiger partial charge >= 0.3 is 0 Å². The van der Waals surface area contributed by atoms with Crippen molar-refractivity contribution in [2.24, 2.45) is 0 Å². The first-order valence-corrected chi connectivity index (χ1v) is 6.13. The minimum atomic E-state index is -0.213. The zero-order valence-corrected chi connectivity index (χ0v) is 10.5. The Morgan fingerprint density at radius 3 is 3.18 bits per heavy atom. The molecule has 0 aliphatic carbocycles. The van der Waals surface area contributed by atoms with Crippen LogP contribution in [0.25, 0.3) is 0 Å². The van der Waals surface area contributed by atoms with Crippen molar-refractivity contribution in [1.82, 2.24) is 9.78 Å². The molecule has 1 unspecified atom stereocenters. The molecule has 5 heteroatoms. The predicted molar refractivity (Wildman–Crippen MR) is 64.4 cm³/mol. The van der Waals surface area contributed by atoms with E-state index < -0.39 is 0 Å². The number of aromatic nitrogens is 2. The molecule has 1 aliphatic rings. The molecule has 0 bridgehead atoms. The summed E-state index contributed by atoms with van der Waals surface area (Å²) in [6, 6.07) is 4.64. The Labute approximate surface area is 106 Å². The Morgan fingerprint density at radius 2 is 2.41 bits per heavy atom. The normalized spacial score (nSPS) is 17.9. The van der Waals surface area contributed by atoms with Crippen LogP contribution in [-0.2, 0) is 13.0 Å². The van der Waals surface area contributed by atoms with Crippen LogP contribution in [-0.4, -0.2) is 15.9 Å². The molecule has 0 saturated heterocycles. The molecule has 0 saturated carbocycles. The van der Waals surface area contributed by atoms with Gasteiger partial charge in [-0.2, -0.15) is 5.10 Å². The van der Waals surface area contributed by atoms with E-state index in [9.17, 15) is 4.39 Å². The average Bonchev–Trinajstić information content (AvgIpc) is 2.84. The zero-order valence-electron chi connectivity index (χ0n) is 8.94. The number of ether oxygens (including phenoxy) is 1. The van der Waals surface area contributed by atoms with Crippen molar-refractivity contribution in [3.8, 4) is 5.75 Å². The van der Waals surface area contributed by atoms with Gasteiger partial charge in [0.15, 0.2) is 0 Å². The molecular weight excluding hydrogens is 287 g/mol. The molecule has 0 amide bonds. The maximum Gasteiger partial charge on any atom is 0.123 e. The quantitative estimate of drug-likeness (QED) is 0.852. The summed E-state index contributed by atoms with van der Waals surface area (Å²) < 4.78 is 21.5. The van der Waals surface area contributed by atoms with Crippen LogP contribution in [0.15, 0.2) is 35.1 Å². The largest absolute Gasteiger partial charge is 0.488 e. The third-order valence-electron chi connectivity index (χ3n) is 2.76. The van der Waals surface area contributed by atoms with E-state index in [0.717, 1.165) is 22.2 Å². The molecule has 2 heterocycles. The maximum absolute atomic E-state index is 13.0. The fraction of sp³-hybridized carbons (Fsp3) is 0.250. The first kappa shape index (κ1) is 10.8. The standard InChI is InChI=1S/C12H10BrFN2O/c13-9-5-15-16(6-9)7-11-4-8-3-10(14)1-2-12(8)17-11/h1-3,5-6,11H,4,7H2. The third-order valence-corrected chi connectivity index (χ3v) is 3.17. The maximum atomic E-state index is 13.0. The summed E-state index contributed by atoms with van der Waals surface area (Å²) in [5, 5.41) is 4.18. The van der Waals surface area contributed by atoms with Gasteiger partial charge in [0.25, 0.3) is 0 Å². The van der Waals surface area contributed by atoms with Crippen LogP contribution in [0.2, 0.25) is 0 Å². The molecule has 0 fully saturated rings. The van der Waals surface area contributed by atoms with Crippen molar-refractivity contribution in [2.75, 3.05) is 0 Å². The lowest BCUT2D eigenvalue weighted by atomic mass is 10.1. The van der Waals surface area contributed by atoms with Crippen molar-refractivity contribution in [2.45, 2.75) is 19.1 Å². The van der Waals surface area contributed by atoms with Crippen molar-refractivity contribution in [3.05, 3.63) is 46.4 Å². The Bertz CT molecular complexity index is 553. The average molecular weight is 297 g/mol. The third kappa shape index (κ3) is 2.20. The second kappa shape index (κ2) is 4.14. The second-order valence-corrected chi connectivity index (χ2v) is 4.99. The summed E-state index contributed by atoms with van der Waals surface area (Å²) >= 11 is 3.35. The Kier molecular flexibility index (Phi) is 2.63. The topological polar surface area (TPSA) is 27.1 Å². The Morgan fingerprint density at radius 1 is 1.53 bits per heavy atom. The number of hydrogen-bond donors (Lipinski definition) is 0. The van der Waals surface area contributed by atoms with Gasteiger partial charge in [-0.25, -0.2) is 4.39 Å². The molecule has 1 aromatic carbocycles. The Hall–Kier alpha value is -1.36. The molecule has 1 aromatic heterocycles. The number of halogens is 2. The van der Waals surface area contributed by atoms with Crippen molar-refractivity contribution >= 4 is 15.9 Å². The number of nitrogens with zero attached hydrogens (tertiary/aromatic N) is 2. The van der Waals surface area contributed by atoms with Crippen LogP contribution in [0.1, 0.15) is 5.56 Å². The predicted octanol–water partition coefficient (Wildman–Crippen LogP) is 2.79. The van der Waals surface area contributed by atoms with Gasteiger partial charge in [-0.05, 0) is 34.1 Å². The number of benzene rings is 1. The highest BCUT2D eigenvalue weighted by atomic mass is 79.9. The van der Waals surface area contributed by atoms with Crippen LogP contribution in [0, 0.1) is 5.82 Å². The summed E-state index contributed by atoms with van der Waals surface area (Å²) in [5.41, 5.74) is 0.932. The van der Waals surface area contributed by atoms with E-state index in [0.29, 0.717) is 6.54 Å². The molecule has 1 atom stereocenters. The summed E-state index contributed by atoms with van der Waals surface area (Å²) in [7, 11) is 0. The second-order valence-electron chi connectivity index (χ2n) is 4.08. The van der Waals surface area contributed by atoms with Gasteiger partial charge in [0.1, 0.15) is 17.7 Å². The van der Waals surface area contributed by atoms with Gasteiger partial charge in [0, 0.05) is 18.2 Å².